The molecule has 0 bridgehead atoms. The molecule has 120 valence electrons. The maximum atomic E-state index is 12.1. The molecule has 0 spiro atoms. The fourth-order valence-corrected chi connectivity index (χ4v) is 3.17. The molecule has 0 heterocycles. The van der Waals surface area contributed by atoms with Crippen LogP contribution in [0.2, 0.25) is 0 Å². The fourth-order valence-electron chi connectivity index (χ4n) is 3.17. The Kier molecular flexibility index (Phi) is 5.30. The standard InChI is InChI=1S/C20H23NO2/c22-20(21-15-16-9-3-1-4-10-16)23-19-14-8-7-13-18(19)17-11-5-2-6-12-17/h2,5-8,11-14,16H,1,3-4,9-10,15H2,(H,21,22). The largest absolute Gasteiger partial charge is 0.412 e. The third kappa shape index (κ3) is 4.35. The maximum absolute atomic E-state index is 12.1. The van der Waals surface area contributed by atoms with Crippen molar-refractivity contribution in [1.82, 2.24) is 5.32 Å². The first-order chi connectivity index (χ1) is 11.3. The second-order valence-corrected chi connectivity index (χ2v) is 6.14. The van der Waals surface area contributed by atoms with Crippen LogP contribution in [0.15, 0.2) is 54.6 Å². The van der Waals surface area contributed by atoms with E-state index in [1.807, 2.05) is 54.6 Å². The highest BCUT2D eigenvalue weighted by Gasteiger charge is 2.15. The summed E-state index contributed by atoms with van der Waals surface area (Å²) in [6.07, 6.45) is 5.93. The number of amides is 1. The summed E-state index contributed by atoms with van der Waals surface area (Å²) in [5, 5.41) is 2.92. The number of benzene rings is 2. The van der Waals surface area contributed by atoms with Gasteiger partial charge in [-0.1, -0.05) is 67.8 Å². The monoisotopic (exact) mass is 309 g/mol. The van der Waals surface area contributed by atoms with Gasteiger partial charge in [-0.15, -0.1) is 0 Å². The lowest BCUT2D eigenvalue weighted by atomic mass is 9.89. The maximum Gasteiger partial charge on any atom is 0.412 e. The molecule has 0 atom stereocenters. The van der Waals surface area contributed by atoms with E-state index in [-0.39, 0.29) is 6.09 Å². The van der Waals surface area contributed by atoms with Gasteiger partial charge in [0.25, 0.3) is 0 Å². The van der Waals surface area contributed by atoms with E-state index in [0.717, 1.165) is 11.1 Å². The van der Waals surface area contributed by atoms with Crippen molar-refractivity contribution in [2.75, 3.05) is 6.54 Å². The zero-order valence-electron chi connectivity index (χ0n) is 13.3. The van der Waals surface area contributed by atoms with Crippen LogP contribution in [0.25, 0.3) is 11.1 Å². The SMILES string of the molecule is O=C(NCC1CCCCC1)Oc1ccccc1-c1ccccc1. The molecule has 2 aromatic carbocycles. The Hall–Kier alpha value is -2.29. The van der Waals surface area contributed by atoms with Crippen molar-refractivity contribution in [2.45, 2.75) is 32.1 Å². The van der Waals surface area contributed by atoms with Crippen molar-refractivity contribution in [3.63, 3.8) is 0 Å². The summed E-state index contributed by atoms with van der Waals surface area (Å²) < 4.78 is 5.54. The molecule has 1 amide bonds. The van der Waals surface area contributed by atoms with Gasteiger partial charge in [0.15, 0.2) is 0 Å². The first-order valence-electron chi connectivity index (χ1n) is 8.43. The molecule has 3 rings (SSSR count). The van der Waals surface area contributed by atoms with E-state index in [1.54, 1.807) is 0 Å². The van der Waals surface area contributed by atoms with Crippen LogP contribution in [-0.4, -0.2) is 12.6 Å². The predicted molar refractivity (Wildman–Crippen MR) is 92.5 cm³/mol. The number of para-hydroxylation sites is 1. The third-order valence-electron chi connectivity index (χ3n) is 4.43. The first kappa shape index (κ1) is 15.6. The molecule has 3 nitrogen and oxygen atoms in total. The lowest BCUT2D eigenvalue weighted by Crippen LogP contribution is -2.32. The van der Waals surface area contributed by atoms with Gasteiger partial charge in [0.05, 0.1) is 0 Å². The van der Waals surface area contributed by atoms with Gasteiger partial charge in [-0.25, -0.2) is 4.79 Å². The predicted octanol–water partition coefficient (Wildman–Crippen LogP) is 5.02. The van der Waals surface area contributed by atoms with Gasteiger partial charge in [-0.3, -0.25) is 0 Å². The average molecular weight is 309 g/mol. The van der Waals surface area contributed by atoms with E-state index in [0.29, 0.717) is 18.2 Å². The quantitative estimate of drug-likeness (QED) is 0.861. The van der Waals surface area contributed by atoms with E-state index in [9.17, 15) is 4.79 Å². The molecule has 0 radical (unpaired) electrons. The van der Waals surface area contributed by atoms with Gasteiger partial charge in [-0.05, 0) is 30.4 Å². The van der Waals surface area contributed by atoms with Crippen LogP contribution in [0.5, 0.6) is 5.75 Å². The summed E-state index contributed by atoms with van der Waals surface area (Å²) in [4.78, 5) is 12.1. The summed E-state index contributed by atoms with van der Waals surface area (Å²) in [5.41, 5.74) is 1.98. The van der Waals surface area contributed by atoms with E-state index >= 15 is 0 Å². The van der Waals surface area contributed by atoms with E-state index < -0.39 is 0 Å². The first-order valence-corrected chi connectivity index (χ1v) is 8.43. The molecule has 0 unspecified atom stereocenters. The van der Waals surface area contributed by atoms with Crippen molar-refractivity contribution in [1.29, 1.82) is 0 Å². The van der Waals surface area contributed by atoms with Crippen molar-refractivity contribution in [3.8, 4) is 16.9 Å². The molecule has 1 aliphatic rings. The highest BCUT2D eigenvalue weighted by atomic mass is 16.6. The molecule has 1 aliphatic carbocycles. The molecular formula is C20H23NO2. The third-order valence-corrected chi connectivity index (χ3v) is 4.43. The summed E-state index contributed by atoms with van der Waals surface area (Å²) in [6, 6.07) is 17.6. The van der Waals surface area contributed by atoms with Gasteiger partial charge in [-0.2, -0.15) is 0 Å². The molecule has 0 aromatic heterocycles. The lowest BCUT2D eigenvalue weighted by Gasteiger charge is -2.21. The number of carbonyl (C=O) groups is 1. The molecule has 0 aliphatic heterocycles. The summed E-state index contributed by atoms with van der Waals surface area (Å²) in [5.74, 6) is 1.19. The van der Waals surface area contributed by atoms with Crippen LogP contribution >= 0.6 is 0 Å². The zero-order chi connectivity index (χ0) is 15.9. The Morgan fingerprint density at radius 1 is 0.957 bits per heavy atom. The van der Waals surface area contributed by atoms with Crippen molar-refractivity contribution in [2.24, 2.45) is 5.92 Å². The fraction of sp³-hybridized carbons (Fsp3) is 0.350. The van der Waals surface area contributed by atoms with Crippen molar-refractivity contribution >= 4 is 6.09 Å². The number of hydrogen-bond donors (Lipinski definition) is 1. The van der Waals surface area contributed by atoms with Gasteiger partial charge < -0.3 is 10.1 Å². The second kappa shape index (κ2) is 7.82. The summed E-state index contributed by atoms with van der Waals surface area (Å²) >= 11 is 0. The van der Waals surface area contributed by atoms with Crippen molar-refractivity contribution in [3.05, 3.63) is 54.6 Å². The summed E-state index contributed by atoms with van der Waals surface area (Å²) in [7, 11) is 0. The minimum atomic E-state index is -0.362. The van der Waals surface area contributed by atoms with Gasteiger partial charge in [0.1, 0.15) is 5.75 Å². The second-order valence-electron chi connectivity index (χ2n) is 6.14. The van der Waals surface area contributed by atoms with E-state index in [2.05, 4.69) is 5.32 Å². The minimum absolute atomic E-state index is 0.362. The van der Waals surface area contributed by atoms with E-state index in [4.69, 9.17) is 4.74 Å². The van der Waals surface area contributed by atoms with Gasteiger partial charge in [0, 0.05) is 12.1 Å². The topological polar surface area (TPSA) is 38.3 Å². The molecule has 1 N–H and O–H groups in total. The Morgan fingerprint density at radius 3 is 2.43 bits per heavy atom. The minimum Gasteiger partial charge on any atom is -0.410 e. The van der Waals surface area contributed by atoms with Crippen LogP contribution in [0.1, 0.15) is 32.1 Å². The van der Waals surface area contributed by atoms with Gasteiger partial charge in [0.2, 0.25) is 0 Å². The normalized spacial score (nSPS) is 15.1. The molecule has 2 aromatic rings. The molecule has 1 saturated carbocycles. The van der Waals surface area contributed by atoms with E-state index in [1.165, 1.54) is 32.1 Å². The average Bonchev–Trinajstić information content (AvgIpc) is 2.62. The smallest absolute Gasteiger partial charge is 0.410 e. The highest BCUT2D eigenvalue weighted by molar-refractivity contribution is 5.76. The Balaban J connectivity index is 1.62. The molecular weight excluding hydrogens is 286 g/mol. The molecule has 3 heteroatoms. The summed E-state index contributed by atoms with van der Waals surface area (Å²) in [6.45, 7) is 0.715. The van der Waals surface area contributed by atoms with Crippen LogP contribution in [0.3, 0.4) is 0 Å². The van der Waals surface area contributed by atoms with Crippen LogP contribution in [-0.2, 0) is 0 Å². The van der Waals surface area contributed by atoms with Crippen molar-refractivity contribution < 1.29 is 9.53 Å². The number of carbonyl (C=O) groups excluding carboxylic acids is 1. The Morgan fingerprint density at radius 2 is 1.65 bits per heavy atom. The van der Waals surface area contributed by atoms with Crippen LogP contribution < -0.4 is 10.1 Å². The number of nitrogens with one attached hydrogen (secondary N) is 1. The highest BCUT2D eigenvalue weighted by Crippen LogP contribution is 2.29. The number of hydrogen-bond acceptors (Lipinski definition) is 2. The molecule has 23 heavy (non-hydrogen) atoms. The zero-order valence-corrected chi connectivity index (χ0v) is 13.3. The molecule has 0 saturated heterocycles. The number of ether oxygens (including phenoxy) is 1. The van der Waals surface area contributed by atoms with Gasteiger partial charge >= 0.3 is 6.09 Å². The Labute approximate surface area is 137 Å². The van der Waals surface area contributed by atoms with Crippen LogP contribution in [0.4, 0.5) is 4.79 Å². The molecule has 1 fully saturated rings. The number of rotatable bonds is 4. The Bertz CT molecular complexity index is 633. The lowest BCUT2D eigenvalue weighted by molar-refractivity contribution is 0.196. The van der Waals surface area contributed by atoms with Crippen LogP contribution in [0, 0.1) is 5.92 Å².